The van der Waals surface area contributed by atoms with Gasteiger partial charge in [-0.15, -0.1) is 0 Å². The number of allylic oxidation sites excluding steroid dienone is 2. The van der Waals surface area contributed by atoms with Crippen molar-refractivity contribution in [3.8, 4) is 0 Å². The molecular formula is C26H40N2O. The van der Waals surface area contributed by atoms with Gasteiger partial charge in [0.05, 0.1) is 6.10 Å². The minimum absolute atomic E-state index is 0.165. The number of hydrogen-bond donors (Lipinski definition) is 2. The van der Waals surface area contributed by atoms with Gasteiger partial charge in [0.15, 0.2) is 0 Å². The van der Waals surface area contributed by atoms with Gasteiger partial charge in [-0.2, -0.15) is 0 Å². The lowest BCUT2D eigenvalue weighted by Gasteiger charge is -2.18. The highest BCUT2D eigenvalue weighted by Crippen LogP contribution is 2.47. The number of hydrogen-bond acceptors (Lipinski definition) is 3. The number of fused-ring (bicyclic) bond motifs is 1. The van der Waals surface area contributed by atoms with Gasteiger partial charge >= 0.3 is 0 Å². The Labute approximate surface area is 177 Å². The van der Waals surface area contributed by atoms with E-state index in [1.165, 1.54) is 24.0 Å². The molecule has 1 saturated carbocycles. The number of rotatable bonds is 11. The van der Waals surface area contributed by atoms with Crippen LogP contribution in [0.5, 0.6) is 0 Å². The summed E-state index contributed by atoms with van der Waals surface area (Å²) in [5.41, 5.74) is 4.34. The predicted octanol–water partition coefficient (Wildman–Crippen LogP) is 4.36. The van der Waals surface area contributed by atoms with E-state index in [9.17, 15) is 5.11 Å². The fourth-order valence-corrected chi connectivity index (χ4v) is 5.06. The molecule has 1 aromatic carbocycles. The molecule has 3 heteroatoms. The average molecular weight is 397 g/mol. The zero-order valence-electron chi connectivity index (χ0n) is 18.6. The van der Waals surface area contributed by atoms with Crippen molar-refractivity contribution in [1.82, 2.24) is 10.2 Å². The summed E-state index contributed by atoms with van der Waals surface area (Å²) in [7, 11) is 4.26. The van der Waals surface area contributed by atoms with E-state index in [1.54, 1.807) is 5.57 Å². The molecule has 0 unspecified atom stereocenters. The van der Waals surface area contributed by atoms with E-state index < -0.39 is 0 Å². The fourth-order valence-electron chi connectivity index (χ4n) is 5.06. The Morgan fingerprint density at radius 2 is 2.07 bits per heavy atom. The first kappa shape index (κ1) is 22.3. The Morgan fingerprint density at radius 1 is 1.21 bits per heavy atom. The summed E-state index contributed by atoms with van der Waals surface area (Å²) in [4.78, 5) is 2.24. The molecule has 3 nitrogen and oxygen atoms in total. The summed E-state index contributed by atoms with van der Waals surface area (Å²) >= 11 is 0. The molecule has 4 atom stereocenters. The highest BCUT2D eigenvalue weighted by atomic mass is 16.3. The van der Waals surface area contributed by atoms with E-state index in [2.05, 4.69) is 73.7 Å². The standard InChI is InChI=1S/C26H40N2O/c1-20-8-6-10-21(16-20)9-4-5-11-24-25-18-22(17-23(25)19-26(24)29)12-14-27-13-7-15-28(2)3/h5-6,8,10-11,16-17,23-27,29H,4,7,9,12-15,18-19H2,1-3H3/t23-,24+,25-,26+/m0/s1. The second-order valence-corrected chi connectivity index (χ2v) is 9.35. The Kier molecular flexibility index (Phi) is 8.53. The molecule has 0 radical (unpaired) electrons. The van der Waals surface area contributed by atoms with Crippen LogP contribution in [0.3, 0.4) is 0 Å². The summed E-state index contributed by atoms with van der Waals surface area (Å²) in [5.74, 6) is 1.53. The van der Waals surface area contributed by atoms with Crippen LogP contribution in [-0.2, 0) is 6.42 Å². The van der Waals surface area contributed by atoms with Crippen molar-refractivity contribution in [2.45, 2.75) is 51.6 Å². The molecule has 0 aliphatic heterocycles. The van der Waals surface area contributed by atoms with Crippen molar-refractivity contribution in [2.75, 3.05) is 33.7 Å². The van der Waals surface area contributed by atoms with Gasteiger partial charge in [-0.05, 0) is 96.6 Å². The molecule has 1 fully saturated rings. The van der Waals surface area contributed by atoms with Crippen LogP contribution in [0.4, 0.5) is 0 Å². The third-order valence-electron chi connectivity index (χ3n) is 6.57. The Bertz CT molecular complexity index is 694. The minimum atomic E-state index is -0.165. The number of aliphatic hydroxyl groups excluding tert-OH is 1. The van der Waals surface area contributed by atoms with Crippen molar-refractivity contribution < 1.29 is 5.11 Å². The molecule has 2 aliphatic rings. The van der Waals surface area contributed by atoms with Gasteiger partial charge in [0.1, 0.15) is 0 Å². The topological polar surface area (TPSA) is 35.5 Å². The first-order chi connectivity index (χ1) is 14.0. The van der Waals surface area contributed by atoms with Gasteiger partial charge in [-0.1, -0.05) is 53.6 Å². The Morgan fingerprint density at radius 3 is 2.86 bits per heavy atom. The summed E-state index contributed by atoms with van der Waals surface area (Å²) in [6.45, 7) is 5.48. The maximum absolute atomic E-state index is 10.6. The van der Waals surface area contributed by atoms with E-state index in [0.29, 0.717) is 17.8 Å². The molecule has 1 aromatic rings. The number of benzene rings is 1. The van der Waals surface area contributed by atoms with E-state index in [-0.39, 0.29) is 6.10 Å². The molecule has 160 valence electrons. The molecule has 29 heavy (non-hydrogen) atoms. The van der Waals surface area contributed by atoms with E-state index in [0.717, 1.165) is 45.3 Å². The molecule has 0 heterocycles. The summed E-state index contributed by atoms with van der Waals surface area (Å²) in [6.07, 6.45) is 13.6. The monoisotopic (exact) mass is 396 g/mol. The molecule has 0 bridgehead atoms. The third-order valence-corrected chi connectivity index (χ3v) is 6.57. The molecule has 2 N–H and O–H groups in total. The number of aryl methyl sites for hydroxylation is 2. The number of aliphatic hydroxyl groups is 1. The zero-order chi connectivity index (χ0) is 20.6. The van der Waals surface area contributed by atoms with Gasteiger partial charge < -0.3 is 15.3 Å². The van der Waals surface area contributed by atoms with Crippen LogP contribution in [0.15, 0.2) is 48.1 Å². The van der Waals surface area contributed by atoms with Crippen LogP contribution >= 0.6 is 0 Å². The predicted molar refractivity (Wildman–Crippen MR) is 123 cm³/mol. The minimum Gasteiger partial charge on any atom is -0.392 e. The summed E-state index contributed by atoms with van der Waals surface area (Å²) in [5, 5.41) is 14.1. The Balaban J connectivity index is 1.39. The molecule has 0 amide bonds. The quantitative estimate of drug-likeness (QED) is 0.431. The highest BCUT2D eigenvalue weighted by Gasteiger charge is 2.42. The van der Waals surface area contributed by atoms with Crippen molar-refractivity contribution >= 4 is 0 Å². The Hall–Kier alpha value is -1.42. The van der Waals surface area contributed by atoms with Crippen LogP contribution in [0.2, 0.25) is 0 Å². The maximum atomic E-state index is 10.6. The molecule has 0 saturated heterocycles. The van der Waals surface area contributed by atoms with Crippen molar-refractivity contribution in [1.29, 1.82) is 0 Å². The first-order valence-electron chi connectivity index (χ1n) is 11.5. The molecule has 0 aromatic heterocycles. The first-order valence-corrected chi connectivity index (χ1v) is 11.5. The SMILES string of the molecule is Cc1cccc(CCC=C[C@@H]2[C@H]3CC(CCNCCCN(C)C)=C[C@H]3C[C@H]2O)c1. The van der Waals surface area contributed by atoms with Gasteiger partial charge in [-0.3, -0.25) is 0 Å². The van der Waals surface area contributed by atoms with Crippen LogP contribution in [-0.4, -0.2) is 49.8 Å². The number of nitrogens with zero attached hydrogens (tertiary/aromatic N) is 1. The van der Waals surface area contributed by atoms with Crippen LogP contribution < -0.4 is 5.32 Å². The number of nitrogens with one attached hydrogen (secondary N) is 1. The van der Waals surface area contributed by atoms with Gasteiger partial charge in [0.2, 0.25) is 0 Å². The fraction of sp³-hybridized carbons (Fsp3) is 0.615. The van der Waals surface area contributed by atoms with Gasteiger partial charge in [-0.25, -0.2) is 0 Å². The average Bonchev–Trinajstić information content (AvgIpc) is 3.18. The van der Waals surface area contributed by atoms with Crippen LogP contribution in [0.1, 0.15) is 43.2 Å². The summed E-state index contributed by atoms with van der Waals surface area (Å²) in [6, 6.07) is 8.78. The molecule has 2 aliphatic carbocycles. The van der Waals surface area contributed by atoms with E-state index in [4.69, 9.17) is 0 Å². The normalized spacial score (nSPS) is 26.4. The molecular weight excluding hydrogens is 356 g/mol. The van der Waals surface area contributed by atoms with Crippen LogP contribution in [0, 0.1) is 24.7 Å². The van der Waals surface area contributed by atoms with Gasteiger partial charge in [0, 0.05) is 5.92 Å². The van der Waals surface area contributed by atoms with Gasteiger partial charge in [0.25, 0.3) is 0 Å². The van der Waals surface area contributed by atoms with Crippen molar-refractivity contribution in [3.05, 3.63) is 59.2 Å². The largest absolute Gasteiger partial charge is 0.392 e. The van der Waals surface area contributed by atoms with Crippen molar-refractivity contribution in [2.24, 2.45) is 17.8 Å². The van der Waals surface area contributed by atoms with E-state index in [1.807, 2.05) is 0 Å². The molecule has 3 rings (SSSR count). The lowest BCUT2D eigenvalue weighted by atomic mass is 9.89. The van der Waals surface area contributed by atoms with E-state index >= 15 is 0 Å². The summed E-state index contributed by atoms with van der Waals surface area (Å²) < 4.78 is 0. The van der Waals surface area contributed by atoms with Crippen molar-refractivity contribution in [3.63, 3.8) is 0 Å². The smallest absolute Gasteiger partial charge is 0.0611 e. The third kappa shape index (κ3) is 6.80. The second-order valence-electron chi connectivity index (χ2n) is 9.35. The zero-order valence-corrected chi connectivity index (χ0v) is 18.6. The molecule has 0 spiro atoms. The second kappa shape index (κ2) is 11.1. The lowest BCUT2D eigenvalue weighted by molar-refractivity contribution is 0.141. The highest BCUT2D eigenvalue weighted by molar-refractivity contribution is 5.23. The maximum Gasteiger partial charge on any atom is 0.0611 e. The lowest BCUT2D eigenvalue weighted by Crippen LogP contribution is -2.22. The van der Waals surface area contributed by atoms with Crippen LogP contribution in [0.25, 0.3) is 0 Å².